The highest BCUT2D eigenvalue weighted by molar-refractivity contribution is 5.71. The molecule has 0 atom stereocenters. The summed E-state index contributed by atoms with van der Waals surface area (Å²) in [6.07, 6.45) is -4.48. The third-order valence-corrected chi connectivity index (χ3v) is 4.45. The Balaban J connectivity index is 2.37. The van der Waals surface area contributed by atoms with Gasteiger partial charge >= 0.3 is 6.18 Å². The Labute approximate surface area is 169 Å². The average molecular weight is 414 g/mol. The van der Waals surface area contributed by atoms with E-state index in [9.17, 15) is 13.2 Å². The monoisotopic (exact) mass is 414 g/mol. The van der Waals surface area contributed by atoms with Gasteiger partial charge in [0, 0.05) is 38.0 Å². The van der Waals surface area contributed by atoms with Crippen molar-refractivity contribution in [3.05, 3.63) is 35.2 Å². The molecule has 0 aliphatic heterocycles. The summed E-state index contributed by atoms with van der Waals surface area (Å²) >= 11 is 0. The summed E-state index contributed by atoms with van der Waals surface area (Å²) in [4.78, 5) is 4.16. The van der Waals surface area contributed by atoms with Gasteiger partial charge < -0.3 is 14.4 Å². The zero-order valence-corrected chi connectivity index (χ0v) is 17.6. The van der Waals surface area contributed by atoms with E-state index >= 15 is 0 Å². The van der Waals surface area contributed by atoms with E-state index in [0.717, 1.165) is 25.2 Å². The summed E-state index contributed by atoms with van der Waals surface area (Å²) in [7, 11) is 7.45. The second-order valence-corrected chi connectivity index (χ2v) is 7.30. The van der Waals surface area contributed by atoms with Gasteiger partial charge in [0.05, 0.1) is 17.9 Å². The smallest absolute Gasteiger partial charge is 0.416 e. The van der Waals surface area contributed by atoms with Crippen molar-refractivity contribution >= 4 is 0 Å². The number of halogens is 3. The number of methoxy groups -OCH3 is 1. The van der Waals surface area contributed by atoms with Crippen LogP contribution in [0, 0.1) is 6.92 Å². The van der Waals surface area contributed by atoms with Gasteiger partial charge in [-0.3, -0.25) is 10.00 Å². The summed E-state index contributed by atoms with van der Waals surface area (Å²) in [6.45, 7) is 4.46. The fraction of sp³-hybridized carbons (Fsp3) is 0.550. The molecule has 0 saturated carbocycles. The zero-order chi connectivity index (χ0) is 21.6. The van der Waals surface area contributed by atoms with Crippen LogP contribution in [0.1, 0.15) is 17.0 Å². The van der Waals surface area contributed by atoms with Gasteiger partial charge in [0.25, 0.3) is 0 Å². The standard InChI is InChI=1S/C20H29F3N4O2/c1-14-19(18(25-24-14)13-27(4)7-6-26(2)3)15-10-16(20(21,22)23)12-17(11-15)29-9-8-28-5/h10-12H,6-9,13H2,1-5H3,(H,24,25). The first-order valence-corrected chi connectivity index (χ1v) is 9.33. The first-order chi connectivity index (χ1) is 13.6. The van der Waals surface area contributed by atoms with Crippen LogP contribution in [0.5, 0.6) is 5.75 Å². The van der Waals surface area contributed by atoms with E-state index in [1.54, 1.807) is 13.0 Å². The summed E-state index contributed by atoms with van der Waals surface area (Å²) in [5.41, 5.74) is 1.75. The van der Waals surface area contributed by atoms with E-state index in [1.807, 2.05) is 21.1 Å². The highest BCUT2D eigenvalue weighted by atomic mass is 19.4. The molecule has 0 spiro atoms. The van der Waals surface area contributed by atoms with E-state index in [1.165, 1.54) is 7.11 Å². The Morgan fingerprint density at radius 1 is 1.07 bits per heavy atom. The lowest BCUT2D eigenvalue weighted by atomic mass is 10.00. The number of nitrogens with one attached hydrogen (secondary N) is 1. The number of aromatic amines is 1. The van der Waals surface area contributed by atoms with Gasteiger partial charge in [-0.05, 0) is 51.8 Å². The molecule has 0 unspecified atom stereocenters. The Hall–Kier alpha value is -2.10. The van der Waals surface area contributed by atoms with Crippen molar-refractivity contribution < 1.29 is 22.6 Å². The van der Waals surface area contributed by atoms with E-state index in [2.05, 4.69) is 20.0 Å². The molecule has 0 aliphatic carbocycles. The molecule has 162 valence electrons. The van der Waals surface area contributed by atoms with Crippen molar-refractivity contribution in [1.82, 2.24) is 20.0 Å². The largest absolute Gasteiger partial charge is 0.491 e. The van der Waals surface area contributed by atoms with Crippen molar-refractivity contribution in [2.75, 3.05) is 54.6 Å². The maximum absolute atomic E-state index is 13.4. The summed E-state index contributed by atoms with van der Waals surface area (Å²) < 4.78 is 50.7. The summed E-state index contributed by atoms with van der Waals surface area (Å²) in [5.74, 6) is 0.152. The predicted octanol–water partition coefficient (Wildman–Crippen LogP) is 3.42. The molecular weight excluding hydrogens is 385 g/mol. The van der Waals surface area contributed by atoms with Gasteiger partial charge in [-0.25, -0.2) is 0 Å². The maximum atomic E-state index is 13.4. The Morgan fingerprint density at radius 2 is 1.79 bits per heavy atom. The predicted molar refractivity (Wildman–Crippen MR) is 106 cm³/mol. The van der Waals surface area contributed by atoms with Crippen LogP contribution >= 0.6 is 0 Å². The van der Waals surface area contributed by atoms with Gasteiger partial charge in [-0.15, -0.1) is 0 Å². The molecule has 0 amide bonds. The third kappa shape index (κ3) is 6.73. The number of nitrogens with zero attached hydrogens (tertiary/aromatic N) is 3. The van der Waals surface area contributed by atoms with Crippen molar-refractivity contribution in [3.63, 3.8) is 0 Å². The Morgan fingerprint density at radius 3 is 2.41 bits per heavy atom. The molecule has 0 aliphatic rings. The van der Waals surface area contributed by atoms with Gasteiger partial charge in [0.15, 0.2) is 0 Å². The molecule has 2 aromatic rings. The van der Waals surface area contributed by atoms with Crippen LogP contribution in [-0.4, -0.2) is 74.6 Å². The van der Waals surface area contributed by atoms with Gasteiger partial charge in [0.2, 0.25) is 0 Å². The Kier molecular flexibility index (Phi) is 8.06. The number of benzene rings is 1. The molecule has 0 bridgehead atoms. The summed E-state index contributed by atoms with van der Waals surface area (Å²) in [6, 6.07) is 3.77. The number of rotatable bonds is 10. The average Bonchev–Trinajstić information content (AvgIpc) is 2.99. The van der Waals surface area contributed by atoms with Crippen molar-refractivity contribution in [2.45, 2.75) is 19.6 Å². The number of alkyl halides is 3. The number of aryl methyl sites for hydroxylation is 1. The van der Waals surface area contributed by atoms with Crippen molar-refractivity contribution in [1.29, 1.82) is 0 Å². The molecule has 2 rings (SSSR count). The molecule has 1 heterocycles. The van der Waals surface area contributed by atoms with Crippen LogP contribution in [0.3, 0.4) is 0 Å². The first kappa shape index (κ1) is 23.2. The molecule has 9 heteroatoms. The number of H-pyrrole nitrogens is 1. The molecule has 0 fully saturated rings. The molecule has 1 aromatic heterocycles. The lowest BCUT2D eigenvalue weighted by molar-refractivity contribution is -0.137. The second-order valence-electron chi connectivity index (χ2n) is 7.30. The number of ether oxygens (including phenoxy) is 2. The summed E-state index contributed by atoms with van der Waals surface area (Å²) in [5, 5.41) is 7.24. The van der Waals surface area contributed by atoms with Crippen molar-refractivity contribution in [2.24, 2.45) is 0 Å². The van der Waals surface area contributed by atoms with Crippen LogP contribution in [0.2, 0.25) is 0 Å². The number of aromatic nitrogens is 2. The first-order valence-electron chi connectivity index (χ1n) is 9.33. The minimum absolute atomic E-state index is 0.152. The molecule has 1 N–H and O–H groups in total. The molecule has 0 radical (unpaired) electrons. The zero-order valence-electron chi connectivity index (χ0n) is 17.6. The SMILES string of the molecule is COCCOc1cc(-c2c(CN(C)CCN(C)C)n[nH]c2C)cc(C(F)(F)F)c1. The van der Waals surface area contributed by atoms with Crippen LogP contribution in [0.15, 0.2) is 18.2 Å². The quantitative estimate of drug-likeness (QED) is 0.604. The molecule has 0 saturated heterocycles. The van der Waals surface area contributed by atoms with Gasteiger partial charge in [-0.2, -0.15) is 18.3 Å². The van der Waals surface area contributed by atoms with E-state index in [-0.39, 0.29) is 19.0 Å². The lowest BCUT2D eigenvalue weighted by Gasteiger charge is -2.19. The third-order valence-electron chi connectivity index (χ3n) is 4.45. The molecular formula is C20H29F3N4O2. The van der Waals surface area contributed by atoms with E-state index in [4.69, 9.17) is 9.47 Å². The fourth-order valence-corrected chi connectivity index (χ4v) is 2.92. The van der Waals surface area contributed by atoms with Crippen LogP contribution in [-0.2, 0) is 17.5 Å². The molecule has 29 heavy (non-hydrogen) atoms. The minimum Gasteiger partial charge on any atom is -0.491 e. The topological polar surface area (TPSA) is 53.6 Å². The second kappa shape index (κ2) is 10.1. The van der Waals surface area contributed by atoms with E-state index < -0.39 is 11.7 Å². The maximum Gasteiger partial charge on any atom is 0.416 e. The van der Waals surface area contributed by atoms with Crippen LogP contribution in [0.25, 0.3) is 11.1 Å². The lowest BCUT2D eigenvalue weighted by Crippen LogP contribution is -2.28. The normalized spacial score (nSPS) is 12.2. The van der Waals surface area contributed by atoms with Crippen molar-refractivity contribution in [3.8, 4) is 16.9 Å². The number of hydrogen-bond donors (Lipinski definition) is 1. The van der Waals surface area contributed by atoms with Gasteiger partial charge in [0.1, 0.15) is 12.4 Å². The highest BCUT2D eigenvalue weighted by Crippen LogP contribution is 2.37. The molecule has 6 nitrogen and oxygen atoms in total. The number of likely N-dealkylation sites (N-methyl/N-ethyl adjacent to an activating group) is 2. The van der Waals surface area contributed by atoms with E-state index in [0.29, 0.717) is 29.1 Å². The highest BCUT2D eigenvalue weighted by Gasteiger charge is 2.32. The van der Waals surface area contributed by atoms with Crippen LogP contribution in [0.4, 0.5) is 13.2 Å². The fourth-order valence-electron chi connectivity index (χ4n) is 2.92. The Bertz CT molecular complexity index is 791. The minimum atomic E-state index is -4.48. The van der Waals surface area contributed by atoms with Gasteiger partial charge in [-0.1, -0.05) is 0 Å². The molecule has 1 aromatic carbocycles. The van der Waals surface area contributed by atoms with Crippen LogP contribution < -0.4 is 4.74 Å². The number of hydrogen-bond acceptors (Lipinski definition) is 5.